The van der Waals surface area contributed by atoms with Crippen molar-refractivity contribution in [1.29, 1.82) is 0 Å². The molecule has 0 radical (unpaired) electrons. The van der Waals surface area contributed by atoms with Crippen molar-refractivity contribution >= 4 is 60.7 Å². The molecule has 0 saturated heterocycles. The van der Waals surface area contributed by atoms with Gasteiger partial charge in [0.05, 0.1) is 27.8 Å². The van der Waals surface area contributed by atoms with E-state index in [1.807, 2.05) is 12.1 Å². The lowest BCUT2D eigenvalue weighted by molar-refractivity contribution is 1.18. The van der Waals surface area contributed by atoms with Crippen LogP contribution >= 0.6 is 0 Å². The molecule has 0 aliphatic rings. The number of fused-ring (bicyclic) bond motifs is 7. The molecule has 8 aromatic rings. The Hall–Kier alpha value is -5.93. The number of aliphatic imine (C=N–C) groups is 1. The maximum Gasteiger partial charge on any atom is 0.0726 e. The molecule has 214 valence electrons. The van der Waals surface area contributed by atoms with Crippen LogP contribution in [-0.2, 0) is 0 Å². The molecule has 0 unspecified atom stereocenters. The predicted octanol–water partition coefficient (Wildman–Crippen LogP) is 10.9. The van der Waals surface area contributed by atoms with Crippen LogP contribution < -0.4 is 0 Å². The maximum absolute atomic E-state index is 5.18. The number of allylic oxidation sites excluding steroid dienone is 2. The van der Waals surface area contributed by atoms with E-state index in [2.05, 4.69) is 162 Å². The van der Waals surface area contributed by atoms with E-state index >= 15 is 0 Å². The molecule has 0 aliphatic carbocycles. The van der Waals surface area contributed by atoms with Gasteiger partial charge >= 0.3 is 0 Å². The molecule has 0 amide bonds. The van der Waals surface area contributed by atoms with Crippen LogP contribution in [0.4, 0.5) is 0 Å². The highest BCUT2D eigenvalue weighted by Crippen LogP contribution is 2.42. The van der Waals surface area contributed by atoms with Crippen LogP contribution in [0.15, 0.2) is 169 Å². The zero-order valence-corrected chi connectivity index (χ0v) is 25.1. The molecule has 8 rings (SSSR count). The SMILES string of the molecule is C=C(/C=C(\N=C(C)c1ccccc1)c1ccccc1)n1c2ccccc2c2ccc3c(c4ccccc4n3-c3ccccc3)c21. The van der Waals surface area contributed by atoms with Gasteiger partial charge in [0.2, 0.25) is 0 Å². The van der Waals surface area contributed by atoms with Gasteiger partial charge in [-0.25, -0.2) is 0 Å². The Morgan fingerprint density at radius 1 is 0.556 bits per heavy atom. The van der Waals surface area contributed by atoms with E-state index in [9.17, 15) is 0 Å². The van der Waals surface area contributed by atoms with Crippen molar-refractivity contribution in [3.63, 3.8) is 0 Å². The lowest BCUT2D eigenvalue weighted by Crippen LogP contribution is -1.98. The summed E-state index contributed by atoms with van der Waals surface area (Å²) in [5.41, 5.74) is 10.6. The molecular formula is C42H31N3. The summed E-state index contributed by atoms with van der Waals surface area (Å²) in [7, 11) is 0. The molecule has 3 heteroatoms. The molecule has 0 fully saturated rings. The number of para-hydroxylation sites is 3. The van der Waals surface area contributed by atoms with E-state index in [1.54, 1.807) is 0 Å². The van der Waals surface area contributed by atoms with Crippen LogP contribution in [-0.4, -0.2) is 14.8 Å². The van der Waals surface area contributed by atoms with Gasteiger partial charge in [-0.15, -0.1) is 0 Å². The fourth-order valence-electron chi connectivity index (χ4n) is 6.60. The summed E-state index contributed by atoms with van der Waals surface area (Å²) < 4.78 is 4.69. The molecule has 45 heavy (non-hydrogen) atoms. The Morgan fingerprint density at radius 3 is 1.84 bits per heavy atom. The number of benzene rings is 6. The van der Waals surface area contributed by atoms with E-state index in [4.69, 9.17) is 11.6 Å². The third-order valence-electron chi connectivity index (χ3n) is 8.62. The van der Waals surface area contributed by atoms with Gasteiger partial charge in [-0.2, -0.15) is 0 Å². The van der Waals surface area contributed by atoms with Gasteiger partial charge in [0.25, 0.3) is 0 Å². The zero-order valence-electron chi connectivity index (χ0n) is 25.1. The Morgan fingerprint density at radius 2 is 1.13 bits per heavy atom. The Balaban J connectivity index is 1.44. The first-order valence-corrected chi connectivity index (χ1v) is 15.3. The normalized spacial score (nSPS) is 12.5. The van der Waals surface area contributed by atoms with Crippen molar-refractivity contribution in [2.24, 2.45) is 4.99 Å². The second-order valence-corrected chi connectivity index (χ2v) is 11.3. The molecule has 0 aliphatic heterocycles. The van der Waals surface area contributed by atoms with Crippen LogP contribution in [0.5, 0.6) is 0 Å². The van der Waals surface area contributed by atoms with Crippen molar-refractivity contribution < 1.29 is 0 Å². The first kappa shape index (κ1) is 26.7. The van der Waals surface area contributed by atoms with E-state index < -0.39 is 0 Å². The predicted molar refractivity (Wildman–Crippen MR) is 192 cm³/mol. The summed E-state index contributed by atoms with van der Waals surface area (Å²) in [6.07, 6.45) is 2.13. The maximum atomic E-state index is 5.18. The molecule has 0 N–H and O–H groups in total. The number of rotatable bonds is 6. The van der Waals surface area contributed by atoms with Gasteiger partial charge in [-0.1, -0.05) is 128 Å². The topological polar surface area (TPSA) is 22.2 Å². The minimum atomic E-state index is 0.855. The van der Waals surface area contributed by atoms with Gasteiger partial charge in [0.1, 0.15) is 0 Å². The molecule has 0 saturated carbocycles. The first-order chi connectivity index (χ1) is 22.2. The van der Waals surface area contributed by atoms with E-state index in [0.29, 0.717) is 0 Å². The first-order valence-electron chi connectivity index (χ1n) is 15.3. The lowest BCUT2D eigenvalue weighted by Gasteiger charge is -2.12. The molecule has 6 aromatic carbocycles. The van der Waals surface area contributed by atoms with Crippen molar-refractivity contribution in [3.05, 3.63) is 175 Å². The number of hydrogen-bond acceptors (Lipinski definition) is 1. The highest BCUT2D eigenvalue weighted by molar-refractivity contribution is 6.26. The summed E-state index contributed by atoms with van der Waals surface area (Å²) in [6.45, 7) is 6.77. The highest BCUT2D eigenvalue weighted by Gasteiger charge is 2.20. The van der Waals surface area contributed by atoms with Gasteiger partial charge in [0, 0.05) is 44.2 Å². The third kappa shape index (κ3) is 4.49. The number of nitrogens with zero attached hydrogens (tertiary/aromatic N) is 3. The Bertz CT molecular complexity index is 2420. The zero-order chi connectivity index (χ0) is 30.3. The van der Waals surface area contributed by atoms with E-state index in [1.165, 1.54) is 27.1 Å². The van der Waals surface area contributed by atoms with Gasteiger partial charge < -0.3 is 9.13 Å². The smallest absolute Gasteiger partial charge is 0.0726 e. The van der Waals surface area contributed by atoms with Gasteiger partial charge in [-0.3, -0.25) is 4.99 Å². The van der Waals surface area contributed by atoms with Gasteiger partial charge in [-0.05, 0) is 48.9 Å². The van der Waals surface area contributed by atoms with Crippen molar-refractivity contribution in [2.45, 2.75) is 6.92 Å². The van der Waals surface area contributed by atoms with Crippen molar-refractivity contribution in [2.75, 3.05) is 0 Å². The van der Waals surface area contributed by atoms with Crippen LogP contribution in [0.25, 0.3) is 60.7 Å². The molecule has 0 bridgehead atoms. The fraction of sp³-hybridized carbons (Fsp3) is 0.0238. The van der Waals surface area contributed by atoms with E-state index in [-0.39, 0.29) is 0 Å². The quantitative estimate of drug-likeness (QED) is 0.139. The molecule has 2 heterocycles. The minimum absolute atomic E-state index is 0.855. The van der Waals surface area contributed by atoms with Gasteiger partial charge in [0.15, 0.2) is 0 Å². The monoisotopic (exact) mass is 577 g/mol. The standard InChI is InChI=1S/C42H31N3/c1-29(28-37(32-18-8-4-9-19-32)43-30(2)31-16-6-3-7-17-31)44-38-24-14-12-22-34(38)35-26-27-40-41(42(35)44)36-23-13-15-25-39(36)45(40)33-20-10-5-11-21-33/h3-28H,1H2,2H3/b37-28-,43-30?. The number of hydrogen-bond donors (Lipinski definition) is 0. The van der Waals surface area contributed by atoms with Crippen molar-refractivity contribution in [3.8, 4) is 5.69 Å². The third-order valence-corrected chi connectivity index (χ3v) is 8.62. The molecule has 3 nitrogen and oxygen atoms in total. The largest absolute Gasteiger partial charge is 0.309 e. The average Bonchev–Trinajstić information content (AvgIpc) is 3.62. The number of aromatic nitrogens is 2. The van der Waals surface area contributed by atoms with E-state index in [0.717, 1.165) is 50.5 Å². The second kappa shape index (κ2) is 11.0. The summed E-state index contributed by atoms with van der Waals surface area (Å²) in [6, 6.07) is 53.2. The fourth-order valence-corrected chi connectivity index (χ4v) is 6.60. The molecular weight excluding hydrogens is 546 g/mol. The van der Waals surface area contributed by atoms with Crippen LogP contribution in [0.2, 0.25) is 0 Å². The van der Waals surface area contributed by atoms with Crippen LogP contribution in [0.1, 0.15) is 18.1 Å². The van der Waals surface area contributed by atoms with Crippen LogP contribution in [0, 0.1) is 0 Å². The second-order valence-electron chi connectivity index (χ2n) is 11.3. The van der Waals surface area contributed by atoms with Crippen molar-refractivity contribution in [1.82, 2.24) is 9.13 Å². The lowest BCUT2D eigenvalue weighted by atomic mass is 10.1. The molecule has 0 atom stereocenters. The van der Waals surface area contributed by atoms with Crippen LogP contribution in [0.3, 0.4) is 0 Å². The minimum Gasteiger partial charge on any atom is -0.309 e. The average molecular weight is 578 g/mol. The highest BCUT2D eigenvalue weighted by atomic mass is 15.0. The molecule has 0 spiro atoms. The summed E-state index contributed by atoms with van der Waals surface area (Å²) in [5, 5.41) is 4.83. The summed E-state index contributed by atoms with van der Waals surface area (Å²) in [4.78, 5) is 5.18. The molecule has 2 aromatic heterocycles. The Labute approximate surface area is 262 Å². The summed E-state index contributed by atoms with van der Waals surface area (Å²) >= 11 is 0. The Kier molecular flexibility index (Phi) is 6.50. The summed E-state index contributed by atoms with van der Waals surface area (Å²) in [5.74, 6) is 0.